The molecule has 1 aliphatic rings. The van der Waals surface area contributed by atoms with Gasteiger partial charge < -0.3 is 20.1 Å². The van der Waals surface area contributed by atoms with E-state index in [-0.39, 0.29) is 19.0 Å². The average molecular weight is 376 g/mol. The number of hydrogen-bond acceptors (Lipinski definition) is 5. The fraction of sp³-hybridized carbons (Fsp3) is 0.474. The van der Waals surface area contributed by atoms with Crippen molar-refractivity contribution in [3.05, 3.63) is 47.5 Å². The number of halogens is 1. The SMILES string of the molecule is COc1ccc(F)c(CN2CCC[C@](O)(CNCc3cnn(C)c3)C2=O)c1. The molecule has 2 N–H and O–H groups in total. The van der Waals surface area contributed by atoms with Gasteiger partial charge >= 0.3 is 0 Å². The van der Waals surface area contributed by atoms with Gasteiger partial charge in [-0.15, -0.1) is 0 Å². The van der Waals surface area contributed by atoms with Crippen molar-refractivity contribution in [1.82, 2.24) is 20.0 Å². The maximum atomic E-state index is 14.1. The Morgan fingerprint density at radius 1 is 1.44 bits per heavy atom. The summed E-state index contributed by atoms with van der Waals surface area (Å²) in [5.74, 6) is -0.244. The maximum absolute atomic E-state index is 14.1. The van der Waals surface area contributed by atoms with Crippen LogP contribution < -0.4 is 10.1 Å². The summed E-state index contributed by atoms with van der Waals surface area (Å²) >= 11 is 0. The lowest BCUT2D eigenvalue weighted by atomic mass is 9.91. The normalized spacial score (nSPS) is 20.1. The molecular formula is C19H25FN4O3. The zero-order valence-corrected chi connectivity index (χ0v) is 15.6. The van der Waals surface area contributed by atoms with Gasteiger partial charge in [-0.25, -0.2) is 4.39 Å². The summed E-state index contributed by atoms with van der Waals surface area (Å²) in [4.78, 5) is 14.3. The first-order valence-electron chi connectivity index (χ1n) is 8.94. The lowest BCUT2D eigenvalue weighted by Gasteiger charge is -2.38. The van der Waals surface area contributed by atoms with Gasteiger partial charge in [-0.1, -0.05) is 0 Å². The maximum Gasteiger partial charge on any atom is 0.256 e. The number of aryl methyl sites for hydroxylation is 1. The van der Waals surface area contributed by atoms with Gasteiger partial charge in [0.1, 0.15) is 11.6 Å². The van der Waals surface area contributed by atoms with Gasteiger partial charge in [0.05, 0.1) is 13.3 Å². The third kappa shape index (κ3) is 4.45. The molecule has 8 heteroatoms. The van der Waals surface area contributed by atoms with E-state index >= 15 is 0 Å². The Morgan fingerprint density at radius 2 is 2.26 bits per heavy atom. The molecule has 0 radical (unpaired) electrons. The molecule has 7 nitrogen and oxygen atoms in total. The summed E-state index contributed by atoms with van der Waals surface area (Å²) in [6.07, 6.45) is 4.64. The first-order chi connectivity index (χ1) is 12.9. The standard InChI is InChI=1S/C19H25FN4O3/c1-23-11-14(10-22-23)9-21-13-19(26)6-3-7-24(18(19)25)12-15-8-16(27-2)4-5-17(15)20/h4-5,8,10-11,21,26H,3,6-7,9,12-13H2,1-2H3/t19-/m0/s1. The molecule has 1 aromatic heterocycles. The molecule has 27 heavy (non-hydrogen) atoms. The Kier molecular flexibility index (Phi) is 5.76. The van der Waals surface area contributed by atoms with E-state index in [0.29, 0.717) is 37.2 Å². The third-order valence-electron chi connectivity index (χ3n) is 4.82. The number of aromatic nitrogens is 2. The number of nitrogens with zero attached hydrogens (tertiary/aromatic N) is 3. The number of rotatable bonds is 7. The zero-order chi connectivity index (χ0) is 19.4. The van der Waals surface area contributed by atoms with E-state index in [9.17, 15) is 14.3 Å². The third-order valence-corrected chi connectivity index (χ3v) is 4.82. The molecule has 1 fully saturated rings. The van der Waals surface area contributed by atoms with Gasteiger partial charge in [-0.05, 0) is 31.0 Å². The molecule has 1 aromatic carbocycles. The first-order valence-corrected chi connectivity index (χ1v) is 8.94. The molecule has 1 amide bonds. The summed E-state index contributed by atoms with van der Waals surface area (Å²) in [5.41, 5.74) is -0.148. The summed E-state index contributed by atoms with van der Waals surface area (Å²) in [5, 5.41) is 18.1. The van der Waals surface area contributed by atoms with Crippen molar-refractivity contribution in [2.45, 2.75) is 31.5 Å². The second-order valence-corrected chi connectivity index (χ2v) is 6.94. The Hall–Kier alpha value is -2.45. The van der Waals surface area contributed by atoms with Crippen LogP contribution in [0.3, 0.4) is 0 Å². The van der Waals surface area contributed by atoms with Gasteiger partial charge in [0.25, 0.3) is 5.91 Å². The molecule has 0 bridgehead atoms. The highest BCUT2D eigenvalue weighted by Gasteiger charge is 2.41. The van der Waals surface area contributed by atoms with E-state index in [4.69, 9.17) is 4.74 Å². The second kappa shape index (κ2) is 8.06. The minimum atomic E-state index is -1.49. The quantitative estimate of drug-likeness (QED) is 0.759. The van der Waals surface area contributed by atoms with Crippen LogP contribution in [0.2, 0.25) is 0 Å². The molecule has 0 saturated carbocycles. The van der Waals surface area contributed by atoms with E-state index in [2.05, 4.69) is 10.4 Å². The van der Waals surface area contributed by atoms with Crippen LogP contribution in [0.15, 0.2) is 30.6 Å². The molecule has 1 saturated heterocycles. The number of ether oxygens (including phenoxy) is 1. The van der Waals surface area contributed by atoms with Crippen LogP contribution in [0.1, 0.15) is 24.0 Å². The summed E-state index contributed by atoms with van der Waals surface area (Å²) in [6.45, 7) is 1.24. The number of benzene rings is 1. The molecular weight excluding hydrogens is 351 g/mol. The number of aliphatic hydroxyl groups is 1. The number of methoxy groups -OCH3 is 1. The Morgan fingerprint density at radius 3 is 2.96 bits per heavy atom. The summed E-state index contributed by atoms with van der Waals surface area (Å²) < 4.78 is 20.9. The lowest BCUT2D eigenvalue weighted by molar-refractivity contribution is -0.157. The van der Waals surface area contributed by atoms with Gasteiger partial charge in [-0.3, -0.25) is 9.48 Å². The van der Waals surface area contributed by atoms with E-state index < -0.39 is 11.4 Å². The molecule has 0 unspecified atom stereocenters. The largest absolute Gasteiger partial charge is 0.497 e. The number of likely N-dealkylation sites (tertiary alicyclic amines) is 1. The second-order valence-electron chi connectivity index (χ2n) is 6.94. The van der Waals surface area contributed by atoms with Gasteiger partial charge in [-0.2, -0.15) is 5.10 Å². The molecule has 2 heterocycles. The van der Waals surface area contributed by atoms with Crippen LogP contribution in [0, 0.1) is 5.82 Å². The number of nitrogens with one attached hydrogen (secondary N) is 1. The Balaban J connectivity index is 1.63. The number of piperidine rings is 1. The fourth-order valence-corrected chi connectivity index (χ4v) is 3.36. The van der Waals surface area contributed by atoms with Crippen LogP contribution in [0.25, 0.3) is 0 Å². The van der Waals surface area contributed by atoms with Crippen LogP contribution in [0.5, 0.6) is 5.75 Å². The van der Waals surface area contributed by atoms with E-state index in [1.807, 2.05) is 13.2 Å². The van der Waals surface area contributed by atoms with E-state index in [0.717, 1.165) is 5.56 Å². The van der Waals surface area contributed by atoms with Crippen LogP contribution in [0.4, 0.5) is 4.39 Å². The first kappa shape index (κ1) is 19.3. The van der Waals surface area contributed by atoms with Gasteiger partial charge in [0.15, 0.2) is 5.60 Å². The van der Waals surface area contributed by atoms with Crippen molar-refractivity contribution < 1.29 is 19.0 Å². The van der Waals surface area contributed by atoms with E-state index in [1.54, 1.807) is 16.9 Å². The molecule has 146 valence electrons. The number of hydrogen-bond donors (Lipinski definition) is 2. The van der Waals surface area contributed by atoms with Crippen molar-refractivity contribution in [3.63, 3.8) is 0 Å². The lowest BCUT2D eigenvalue weighted by Crippen LogP contribution is -2.57. The van der Waals surface area contributed by atoms with Gasteiger partial charge in [0.2, 0.25) is 0 Å². The summed E-state index contributed by atoms with van der Waals surface area (Å²) in [7, 11) is 3.34. The highest BCUT2D eigenvalue weighted by atomic mass is 19.1. The zero-order valence-electron chi connectivity index (χ0n) is 15.6. The molecule has 0 aliphatic carbocycles. The molecule has 1 atom stereocenters. The van der Waals surface area contributed by atoms with Crippen molar-refractivity contribution in [1.29, 1.82) is 0 Å². The Bertz CT molecular complexity index is 810. The predicted octanol–water partition coefficient (Wildman–Crippen LogP) is 1.21. The highest BCUT2D eigenvalue weighted by molar-refractivity contribution is 5.86. The topological polar surface area (TPSA) is 79.6 Å². The minimum Gasteiger partial charge on any atom is -0.497 e. The summed E-state index contributed by atoms with van der Waals surface area (Å²) in [6, 6.07) is 4.44. The minimum absolute atomic E-state index is 0.104. The molecule has 1 aliphatic heterocycles. The Labute approximate surface area is 157 Å². The van der Waals surface area contributed by atoms with E-state index in [1.165, 1.54) is 24.1 Å². The van der Waals surface area contributed by atoms with Crippen LogP contribution >= 0.6 is 0 Å². The predicted molar refractivity (Wildman–Crippen MR) is 97.5 cm³/mol. The van der Waals surface area contributed by atoms with Gasteiger partial charge in [0, 0.05) is 50.6 Å². The van der Waals surface area contributed by atoms with Crippen LogP contribution in [-0.2, 0) is 24.9 Å². The van der Waals surface area contributed by atoms with Crippen molar-refractivity contribution in [2.24, 2.45) is 7.05 Å². The highest BCUT2D eigenvalue weighted by Crippen LogP contribution is 2.25. The van der Waals surface area contributed by atoms with Crippen molar-refractivity contribution >= 4 is 5.91 Å². The number of carbonyl (C=O) groups excluding carboxylic acids is 1. The monoisotopic (exact) mass is 376 g/mol. The fourth-order valence-electron chi connectivity index (χ4n) is 3.36. The smallest absolute Gasteiger partial charge is 0.256 e. The molecule has 3 rings (SSSR count). The van der Waals surface area contributed by atoms with Crippen LogP contribution in [-0.4, -0.2) is 51.5 Å². The number of carbonyl (C=O) groups is 1. The molecule has 0 spiro atoms. The molecule has 2 aromatic rings. The van der Waals surface area contributed by atoms with Crippen molar-refractivity contribution in [3.8, 4) is 5.75 Å². The average Bonchev–Trinajstić information content (AvgIpc) is 3.06. The number of amides is 1. The van der Waals surface area contributed by atoms with Crippen molar-refractivity contribution in [2.75, 3.05) is 20.2 Å².